The molecule has 0 bridgehead atoms. The van der Waals surface area contributed by atoms with Crippen molar-refractivity contribution >= 4 is 22.9 Å². The maximum absolute atomic E-state index is 13.2. The molecule has 3 rings (SSSR count). The van der Waals surface area contributed by atoms with E-state index in [1.54, 1.807) is 11.3 Å². The Morgan fingerprint density at radius 3 is 2.76 bits per heavy atom. The summed E-state index contributed by atoms with van der Waals surface area (Å²) in [6.07, 6.45) is 3.39. The van der Waals surface area contributed by atoms with E-state index in [0.717, 1.165) is 29.9 Å². The van der Waals surface area contributed by atoms with Crippen LogP contribution in [0, 0.1) is 11.6 Å². The maximum atomic E-state index is 13.2. The summed E-state index contributed by atoms with van der Waals surface area (Å²) in [6.45, 7) is 0.370. The van der Waals surface area contributed by atoms with E-state index in [9.17, 15) is 13.6 Å². The summed E-state index contributed by atoms with van der Waals surface area (Å²) in [6, 6.07) is 3.75. The number of anilines is 1. The molecule has 0 saturated heterocycles. The second-order valence-corrected chi connectivity index (χ2v) is 6.27. The van der Waals surface area contributed by atoms with Crippen LogP contribution in [0.4, 0.5) is 14.5 Å². The Balaban J connectivity index is 1.70. The highest BCUT2D eigenvalue weighted by Gasteiger charge is 2.17. The number of thiophene rings is 1. The molecular weight excluding hydrogens is 294 g/mol. The number of nitrogens with two attached hydrogens (primary N) is 1. The van der Waals surface area contributed by atoms with E-state index < -0.39 is 17.5 Å². The zero-order valence-corrected chi connectivity index (χ0v) is 12.0. The van der Waals surface area contributed by atoms with Gasteiger partial charge in [0.2, 0.25) is 0 Å². The molecule has 0 aliphatic heterocycles. The number of rotatable bonds is 3. The monoisotopic (exact) mass is 308 g/mol. The molecule has 0 atom stereocenters. The van der Waals surface area contributed by atoms with E-state index in [2.05, 4.69) is 11.4 Å². The number of amides is 1. The number of halogens is 2. The molecule has 3 N–H and O–H groups in total. The smallest absolute Gasteiger partial charge is 0.253 e. The zero-order valence-electron chi connectivity index (χ0n) is 11.2. The van der Waals surface area contributed by atoms with Crippen LogP contribution in [0.2, 0.25) is 0 Å². The fourth-order valence-electron chi connectivity index (χ4n) is 2.50. The first-order valence-corrected chi connectivity index (χ1v) is 7.49. The Hall–Kier alpha value is -1.95. The maximum Gasteiger partial charge on any atom is 0.253 e. The van der Waals surface area contributed by atoms with E-state index in [0.29, 0.717) is 6.54 Å². The van der Waals surface area contributed by atoms with Gasteiger partial charge in [0.15, 0.2) is 11.6 Å². The lowest BCUT2D eigenvalue weighted by Gasteiger charge is -2.07. The van der Waals surface area contributed by atoms with Gasteiger partial charge in [-0.1, -0.05) is 0 Å². The van der Waals surface area contributed by atoms with Crippen LogP contribution in [-0.4, -0.2) is 5.91 Å². The van der Waals surface area contributed by atoms with Gasteiger partial charge in [0, 0.05) is 21.5 Å². The van der Waals surface area contributed by atoms with Crippen LogP contribution in [0.5, 0.6) is 0 Å². The number of carbonyl (C=O) groups excluding carboxylic acids is 1. The molecule has 6 heteroatoms. The first-order chi connectivity index (χ1) is 10.0. The molecule has 0 fully saturated rings. The summed E-state index contributed by atoms with van der Waals surface area (Å²) < 4.78 is 26.2. The van der Waals surface area contributed by atoms with E-state index in [-0.39, 0.29) is 11.3 Å². The third-order valence-electron chi connectivity index (χ3n) is 3.56. The lowest BCUT2D eigenvalue weighted by Crippen LogP contribution is -2.23. The predicted octanol–water partition coefficient (Wildman–Crippen LogP) is 3.03. The summed E-state index contributed by atoms with van der Waals surface area (Å²) in [5, 5.41) is 2.69. The quantitative estimate of drug-likeness (QED) is 0.856. The zero-order chi connectivity index (χ0) is 15.0. The Morgan fingerprint density at radius 2 is 2.00 bits per heavy atom. The third-order valence-corrected chi connectivity index (χ3v) is 4.79. The molecule has 1 aromatic carbocycles. The average molecular weight is 308 g/mol. The molecule has 1 aliphatic rings. The van der Waals surface area contributed by atoms with Gasteiger partial charge in [-0.2, -0.15) is 0 Å². The largest absolute Gasteiger partial charge is 0.398 e. The first kappa shape index (κ1) is 14.0. The summed E-state index contributed by atoms with van der Waals surface area (Å²) in [4.78, 5) is 14.4. The van der Waals surface area contributed by atoms with Crippen molar-refractivity contribution in [2.24, 2.45) is 0 Å². The fraction of sp³-hybridized carbons (Fsp3) is 0.267. The molecular formula is C15H14F2N2OS. The van der Waals surface area contributed by atoms with Gasteiger partial charge in [0.05, 0.1) is 12.1 Å². The topological polar surface area (TPSA) is 55.1 Å². The minimum atomic E-state index is -1.08. The highest BCUT2D eigenvalue weighted by atomic mass is 32.1. The number of hydrogen-bond donors (Lipinski definition) is 2. The number of aryl methyl sites for hydroxylation is 2. The number of benzene rings is 1. The Morgan fingerprint density at radius 1 is 1.24 bits per heavy atom. The number of carbonyl (C=O) groups is 1. The van der Waals surface area contributed by atoms with Crippen molar-refractivity contribution in [2.75, 3.05) is 5.73 Å². The number of nitrogen functional groups attached to an aromatic ring is 1. The van der Waals surface area contributed by atoms with Crippen molar-refractivity contribution in [3.63, 3.8) is 0 Å². The molecule has 1 heterocycles. The molecule has 110 valence electrons. The number of hydrogen-bond acceptors (Lipinski definition) is 3. The second-order valence-electron chi connectivity index (χ2n) is 5.05. The van der Waals surface area contributed by atoms with Crippen molar-refractivity contribution in [3.8, 4) is 0 Å². The van der Waals surface area contributed by atoms with Crippen LogP contribution in [-0.2, 0) is 19.4 Å². The molecule has 0 radical (unpaired) electrons. The summed E-state index contributed by atoms with van der Waals surface area (Å²) in [5.41, 5.74) is 6.80. The SMILES string of the molecule is Nc1cc(F)c(F)cc1C(=O)NCc1cc2c(s1)CCC2. The highest BCUT2D eigenvalue weighted by molar-refractivity contribution is 7.12. The van der Waals surface area contributed by atoms with Gasteiger partial charge in [0.1, 0.15) is 0 Å². The van der Waals surface area contributed by atoms with Crippen LogP contribution in [0.1, 0.15) is 32.1 Å². The van der Waals surface area contributed by atoms with Crippen molar-refractivity contribution in [3.05, 3.63) is 50.7 Å². The van der Waals surface area contributed by atoms with Crippen molar-refractivity contribution in [2.45, 2.75) is 25.8 Å². The second kappa shape index (κ2) is 5.44. The van der Waals surface area contributed by atoms with Crippen molar-refractivity contribution in [1.29, 1.82) is 0 Å². The predicted molar refractivity (Wildman–Crippen MR) is 78.3 cm³/mol. The van der Waals surface area contributed by atoms with E-state index >= 15 is 0 Å². The summed E-state index contributed by atoms with van der Waals surface area (Å²) in [5.74, 6) is -2.64. The average Bonchev–Trinajstić information content (AvgIpc) is 3.01. The fourth-order valence-corrected chi connectivity index (χ4v) is 3.70. The Kier molecular flexibility index (Phi) is 3.63. The van der Waals surface area contributed by atoms with Gasteiger partial charge in [-0.05, 0) is 37.0 Å². The summed E-state index contributed by atoms with van der Waals surface area (Å²) in [7, 11) is 0. The van der Waals surface area contributed by atoms with E-state index in [1.165, 1.54) is 16.9 Å². The molecule has 1 aromatic heterocycles. The van der Waals surface area contributed by atoms with Gasteiger partial charge in [-0.25, -0.2) is 8.78 Å². The normalized spacial score (nSPS) is 13.2. The lowest BCUT2D eigenvalue weighted by molar-refractivity contribution is 0.0951. The van der Waals surface area contributed by atoms with Gasteiger partial charge < -0.3 is 11.1 Å². The molecule has 3 nitrogen and oxygen atoms in total. The number of nitrogens with one attached hydrogen (secondary N) is 1. The van der Waals surface area contributed by atoms with Gasteiger partial charge in [-0.15, -0.1) is 11.3 Å². The molecule has 2 aromatic rings. The van der Waals surface area contributed by atoms with Crippen LogP contribution in [0.3, 0.4) is 0 Å². The Bertz CT molecular complexity index is 690. The minimum Gasteiger partial charge on any atom is -0.398 e. The third kappa shape index (κ3) is 2.76. The molecule has 21 heavy (non-hydrogen) atoms. The van der Waals surface area contributed by atoms with Gasteiger partial charge in [-0.3, -0.25) is 4.79 Å². The van der Waals surface area contributed by atoms with Crippen LogP contribution in [0.25, 0.3) is 0 Å². The standard InChI is InChI=1S/C15H14F2N2OS/c16-11-5-10(13(18)6-12(11)17)15(20)19-7-9-4-8-2-1-3-14(8)21-9/h4-6H,1-3,7,18H2,(H,19,20). The summed E-state index contributed by atoms with van der Waals surface area (Å²) >= 11 is 1.69. The molecule has 0 saturated carbocycles. The number of fused-ring (bicyclic) bond motifs is 1. The van der Waals surface area contributed by atoms with Gasteiger partial charge in [0.25, 0.3) is 5.91 Å². The van der Waals surface area contributed by atoms with Crippen LogP contribution < -0.4 is 11.1 Å². The molecule has 0 spiro atoms. The molecule has 1 aliphatic carbocycles. The van der Waals surface area contributed by atoms with Gasteiger partial charge >= 0.3 is 0 Å². The lowest BCUT2D eigenvalue weighted by atomic mass is 10.1. The Labute approximate surface area is 124 Å². The van der Waals surface area contributed by atoms with E-state index in [1.807, 2.05) is 0 Å². The first-order valence-electron chi connectivity index (χ1n) is 6.68. The van der Waals surface area contributed by atoms with Crippen LogP contribution >= 0.6 is 11.3 Å². The van der Waals surface area contributed by atoms with E-state index in [4.69, 9.17) is 5.73 Å². The van der Waals surface area contributed by atoms with Crippen molar-refractivity contribution < 1.29 is 13.6 Å². The highest BCUT2D eigenvalue weighted by Crippen LogP contribution is 2.30. The molecule has 1 amide bonds. The van der Waals surface area contributed by atoms with Crippen LogP contribution in [0.15, 0.2) is 18.2 Å². The van der Waals surface area contributed by atoms with Crippen molar-refractivity contribution in [1.82, 2.24) is 5.32 Å². The molecule has 0 unspecified atom stereocenters. The minimum absolute atomic E-state index is 0.0435.